The maximum absolute atomic E-state index is 10.9. The zero-order chi connectivity index (χ0) is 18.0. The lowest BCUT2D eigenvalue weighted by Crippen LogP contribution is -2.33. The van der Waals surface area contributed by atoms with Gasteiger partial charge >= 0.3 is 6.09 Å². The summed E-state index contributed by atoms with van der Waals surface area (Å²) in [5, 5.41) is 7.11. The lowest BCUT2D eigenvalue weighted by molar-refractivity contribution is 0.0453. The number of amides is 1. The number of H-pyrrole nitrogens is 1. The normalized spacial score (nSPS) is 12.7. The minimum Gasteiger partial charge on any atom is -0.443 e. The van der Waals surface area contributed by atoms with E-state index in [9.17, 15) is 4.79 Å². The lowest BCUT2D eigenvalue weighted by atomic mass is 9.94. The van der Waals surface area contributed by atoms with E-state index in [1.807, 2.05) is 6.07 Å². The van der Waals surface area contributed by atoms with Gasteiger partial charge in [-0.3, -0.25) is 5.10 Å². The summed E-state index contributed by atoms with van der Waals surface area (Å²) in [6, 6.07) is 1.87. The standard InChI is InChI=1S/C17H24N4O3/c1-16(2,3)13-10-19-14(23-13)7-6-11-8-12(21-20-11)9-17(4,5)24-15(18)22/h6-8,10H,9H2,1-5H3,(H2,18,22)(H,20,21)/b7-6-. The van der Waals surface area contributed by atoms with Crippen molar-refractivity contribution in [2.45, 2.75) is 52.1 Å². The van der Waals surface area contributed by atoms with E-state index < -0.39 is 11.7 Å². The topological polar surface area (TPSA) is 107 Å². The highest BCUT2D eigenvalue weighted by Crippen LogP contribution is 2.23. The van der Waals surface area contributed by atoms with Crippen LogP contribution in [-0.4, -0.2) is 26.9 Å². The molecule has 0 aliphatic carbocycles. The molecule has 2 rings (SSSR count). The maximum atomic E-state index is 10.9. The monoisotopic (exact) mass is 332 g/mol. The fourth-order valence-electron chi connectivity index (χ4n) is 2.19. The van der Waals surface area contributed by atoms with E-state index in [0.717, 1.165) is 17.1 Å². The predicted molar refractivity (Wildman–Crippen MR) is 91.2 cm³/mol. The van der Waals surface area contributed by atoms with Gasteiger partial charge in [-0.15, -0.1) is 0 Å². The van der Waals surface area contributed by atoms with Gasteiger partial charge in [0.05, 0.1) is 11.9 Å². The molecule has 0 unspecified atom stereocenters. The molecule has 0 aliphatic heterocycles. The van der Waals surface area contributed by atoms with E-state index in [0.29, 0.717) is 12.3 Å². The van der Waals surface area contributed by atoms with Crippen LogP contribution in [0.15, 0.2) is 16.7 Å². The number of nitrogens with two attached hydrogens (primary N) is 1. The van der Waals surface area contributed by atoms with Crippen molar-refractivity contribution in [2.75, 3.05) is 0 Å². The van der Waals surface area contributed by atoms with Gasteiger partial charge in [-0.25, -0.2) is 9.78 Å². The van der Waals surface area contributed by atoms with Gasteiger partial charge in [-0.05, 0) is 26.0 Å². The summed E-state index contributed by atoms with van der Waals surface area (Å²) in [7, 11) is 0. The van der Waals surface area contributed by atoms with Crippen molar-refractivity contribution in [2.24, 2.45) is 5.73 Å². The van der Waals surface area contributed by atoms with Gasteiger partial charge in [-0.2, -0.15) is 5.10 Å². The number of carbonyl (C=O) groups excluding carboxylic acids is 1. The van der Waals surface area contributed by atoms with Gasteiger partial charge in [0.1, 0.15) is 11.4 Å². The predicted octanol–water partition coefficient (Wildman–Crippen LogP) is 3.28. The molecule has 2 aromatic rings. The van der Waals surface area contributed by atoms with Crippen LogP contribution >= 0.6 is 0 Å². The van der Waals surface area contributed by atoms with Crippen LogP contribution in [0, 0.1) is 0 Å². The smallest absolute Gasteiger partial charge is 0.405 e. The molecule has 0 atom stereocenters. The Kier molecular flexibility index (Phi) is 4.82. The minimum atomic E-state index is -0.793. The molecular formula is C17H24N4O3. The highest BCUT2D eigenvalue weighted by molar-refractivity contribution is 5.65. The highest BCUT2D eigenvalue weighted by Gasteiger charge is 2.23. The van der Waals surface area contributed by atoms with Crippen LogP contribution < -0.4 is 5.73 Å². The Bertz CT molecular complexity index is 735. The number of rotatable bonds is 5. The molecular weight excluding hydrogens is 308 g/mol. The quantitative estimate of drug-likeness (QED) is 0.873. The Morgan fingerprint density at radius 1 is 1.33 bits per heavy atom. The van der Waals surface area contributed by atoms with Crippen molar-refractivity contribution < 1.29 is 13.9 Å². The molecule has 0 spiro atoms. The van der Waals surface area contributed by atoms with Crippen molar-refractivity contribution in [3.05, 3.63) is 35.3 Å². The van der Waals surface area contributed by atoms with Crippen molar-refractivity contribution in [3.8, 4) is 0 Å². The maximum Gasteiger partial charge on any atom is 0.405 e. The molecule has 0 saturated carbocycles. The summed E-state index contributed by atoms with van der Waals surface area (Å²) in [5.41, 5.74) is 5.85. The van der Waals surface area contributed by atoms with Crippen LogP contribution in [0.25, 0.3) is 12.2 Å². The van der Waals surface area contributed by atoms with Crippen molar-refractivity contribution in [3.63, 3.8) is 0 Å². The largest absolute Gasteiger partial charge is 0.443 e. The molecule has 2 aromatic heterocycles. The second-order valence-electron chi connectivity index (χ2n) is 7.32. The van der Waals surface area contributed by atoms with Crippen LogP contribution in [0.3, 0.4) is 0 Å². The molecule has 0 bridgehead atoms. The van der Waals surface area contributed by atoms with E-state index in [1.54, 1.807) is 32.2 Å². The number of primary amides is 1. The second-order valence-corrected chi connectivity index (χ2v) is 7.32. The first-order valence-electron chi connectivity index (χ1n) is 7.72. The summed E-state index contributed by atoms with van der Waals surface area (Å²) in [4.78, 5) is 15.1. The van der Waals surface area contributed by atoms with E-state index in [1.165, 1.54) is 0 Å². The Balaban J connectivity index is 2.03. The molecule has 0 aliphatic rings. The van der Waals surface area contributed by atoms with Crippen LogP contribution in [0.4, 0.5) is 4.79 Å². The first-order valence-corrected chi connectivity index (χ1v) is 7.72. The number of nitrogens with one attached hydrogen (secondary N) is 1. The van der Waals surface area contributed by atoms with Crippen molar-refractivity contribution >= 4 is 18.2 Å². The molecule has 2 heterocycles. The third-order valence-electron chi connectivity index (χ3n) is 3.30. The minimum absolute atomic E-state index is 0.0788. The first kappa shape index (κ1) is 17.8. The molecule has 0 saturated heterocycles. The number of aromatic amines is 1. The number of nitrogens with zero attached hydrogens (tertiary/aromatic N) is 2. The number of hydrogen-bond acceptors (Lipinski definition) is 5. The van der Waals surface area contributed by atoms with Gasteiger partial charge < -0.3 is 14.9 Å². The summed E-state index contributed by atoms with van der Waals surface area (Å²) in [6.45, 7) is 9.77. The number of ether oxygens (including phenoxy) is 1. The molecule has 0 radical (unpaired) electrons. The van der Waals surface area contributed by atoms with Crippen molar-refractivity contribution in [1.82, 2.24) is 15.2 Å². The van der Waals surface area contributed by atoms with E-state index >= 15 is 0 Å². The Morgan fingerprint density at radius 3 is 2.62 bits per heavy atom. The summed E-state index contributed by atoms with van der Waals surface area (Å²) < 4.78 is 10.8. The van der Waals surface area contributed by atoms with E-state index in [4.69, 9.17) is 14.9 Å². The fraction of sp³-hybridized carbons (Fsp3) is 0.471. The van der Waals surface area contributed by atoms with Gasteiger partial charge in [0, 0.05) is 23.6 Å². The zero-order valence-electron chi connectivity index (χ0n) is 14.7. The van der Waals surface area contributed by atoms with Crippen molar-refractivity contribution in [1.29, 1.82) is 0 Å². The van der Waals surface area contributed by atoms with Crippen LogP contribution in [0.2, 0.25) is 0 Å². The number of carbonyl (C=O) groups is 1. The Morgan fingerprint density at radius 2 is 2.04 bits per heavy atom. The second kappa shape index (κ2) is 6.51. The van der Waals surface area contributed by atoms with Gasteiger partial charge in [-0.1, -0.05) is 20.8 Å². The molecule has 130 valence electrons. The van der Waals surface area contributed by atoms with Gasteiger partial charge in [0.15, 0.2) is 0 Å². The number of hydrogen-bond donors (Lipinski definition) is 2. The third kappa shape index (κ3) is 4.97. The molecule has 0 fully saturated rings. The van der Waals surface area contributed by atoms with Gasteiger partial charge in [0.25, 0.3) is 0 Å². The Hall–Kier alpha value is -2.57. The highest BCUT2D eigenvalue weighted by atomic mass is 16.6. The molecule has 1 amide bonds. The molecule has 7 heteroatoms. The summed E-state index contributed by atoms with van der Waals surface area (Å²) in [5.74, 6) is 1.36. The molecule has 0 aromatic carbocycles. The zero-order valence-corrected chi connectivity index (χ0v) is 14.7. The van der Waals surface area contributed by atoms with Crippen LogP contribution in [0.5, 0.6) is 0 Å². The third-order valence-corrected chi connectivity index (χ3v) is 3.30. The Labute approximate surface area is 141 Å². The fourth-order valence-corrected chi connectivity index (χ4v) is 2.19. The number of aromatic nitrogens is 3. The lowest BCUT2D eigenvalue weighted by Gasteiger charge is -2.22. The SMILES string of the molecule is CC(C)(Cc1cc(/C=C\c2ncc(C(C)(C)C)o2)n[nH]1)OC(N)=O. The van der Waals surface area contributed by atoms with Crippen LogP contribution in [-0.2, 0) is 16.6 Å². The first-order chi connectivity index (χ1) is 11.0. The summed E-state index contributed by atoms with van der Waals surface area (Å²) in [6.07, 6.45) is 4.99. The van der Waals surface area contributed by atoms with E-state index in [-0.39, 0.29) is 5.41 Å². The average Bonchev–Trinajstić information content (AvgIpc) is 3.02. The van der Waals surface area contributed by atoms with Crippen LogP contribution in [0.1, 0.15) is 57.7 Å². The number of oxazole rings is 1. The molecule has 7 nitrogen and oxygen atoms in total. The molecule has 24 heavy (non-hydrogen) atoms. The molecule has 3 N–H and O–H groups in total. The van der Waals surface area contributed by atoms with E-state index in [2.05, 4.69) is 36.0 Å². The summed E-state index contributed by atoms with van der Waals surface area (Å²) >= 11 is 0. The average molecular weight is 332 g/mol. The van der Waals surface area contributed by atoms with Gasteiger partial charge in [0.2, 0.25) is 5.89 Å².